The lowest BCUT2D eigenvalue weighted by Crippen LogP contribution is -2.29. The van der Waals surface area contributed by atoms with Gasteiger partial charge in [0.1, 0.15) is 5.69 Å². The zero-order valence-corrected chi connectivity index (χ0v) is 11.0. The Bertz CT molecular complexity index is 513. The first-order chi connectivity index (χ1) is 8.02. The number of aromatic nitrogens is 3. The highest BCUT2D eigenvalue weighted by Crippen LogP contribution is 2.24. The van der Waals surface area contributed by atoms with Gasteiger partial charge in [-0.3, -0.25) is 0 Å². The minimum Gasteiger partial charge on any atom is -0.320 e. The second-order valence-electron chi connectivity index (χ2n) is 4.44. The molecule has 0 amide bonds. The summed E-state index contributed by atoms with van der Waals surface area (Å²) in [5.74, 6) is 0. The lowest BCUT2D eigenvalue weighted by Gasteiger charge is -2.13. The number of hydrogen-bond donors (Lipinski definition) is 1. The molecule has 0 aliphatic carbocycles. The van der Waals surface area contributed by atoms with Crippen molar-refractivity contribution in [3.63, 3.8) is 0 Å². The minimum absolute atomic E-state index is 0.466. The summed E-state index contributed by atoms with van der Waals surface area (Å²) in [6.45, 7) is 3.84. The summed E-state index contributed by atoms with van der Waals surface area (Å²) in [4.78, 5) is 1.17. The Labute approximate surface area is 105 Å². The maximum Gasteiger partial charge on any atom is 0.102 e. The lowest BCUT2D eigenvalue weighted by molar-refractivity contribution is 0.533. The van der Waals surface area contributed by atoms with Crippen molar-refractivity contribution in [2.45, 2.75) is 24.3 Å². The smallest absolute Gasteiger partial charge is 0.102 e. The summed E-state index contributed by atoms with van der Waals surface area (Å²) in [7, 11) is 0. The Balaban J connectivity index is 2.44. The summed E-state index contributed by atoms with van der Waals surface area (Å²) in [5.41, 5.74) is 7.35. The Kier molecular flexibility index (Phi) is 3.22. The first kappa shape index (κ1) is 12.1. The van der Waals surface area contributed by atoms with Crippen LogP contribution in [0, 0.1) is 0 Å². The highest BCUT2D eigenvalue weighted by molar-refractivity contribution is 7.98. The van der Waals surface area contributed by atoms with Gasteiger partial charge in [0, 0.05) is 4.90 Å². The number of nitrogens with zero attached hydrogens (tertiary/aromatic N) is 3. The van der Waals surface area contributed by atoms with Crippen LogP contribution in [-0.2, 0) is 5.54 Å². The van der Waals surface area contributed by atoms with Crippen LogP contribution in [0.25, 0.3) is 5.69 Å². The topological polar surface area (TPSA) is 56.7 Å². The van der Waals surface area contributed by atoms with Gasteiger partial charge in [0.05, 0.1) is 17.4 Å². The number of hydrogen-bond acceptors (Lipinski definition) is 4. The van der Waals surface area contributed by atoms with E-state index in [1.165, 1.54) is 4.90 Å². The van der Waals surface area contributed by atoms with Gasteiger partial charge in [-0.1, -0.05) is 17.3 Å². The van der Waals surface area contributed by atoms with E-state index in [-0.39, 0.29) is 0 Å². The van der Waals surface area contributed by atoms with E-state index in [2.05, 4.69) is 16.4 Å². The summed E-state index contributed by atoms with van der Waals surface area (Å²) >= 11 is 1.69. The van der Waals surface area contributed by atoms with Gasteiger partial charge in [-0.15, -0.1) is 16.9 Å². The number of thioether (sulfide) groups is 1. The van der Waals surface area contributed by atoms with Crippen molar-refractivity contribution in [1.82, 2.24) is 15.0 Å². The molecule has 1 heterocycles. The molecule has 0 aliphatic heterocycles. The summed E-state index contributed by atoms with van der Waals surface area (Å²) in [6.07, 6.45) is 3.93. The Morgan fingerprint density at radius 3 is 2.59 bits per heavy atom. The van der Waals surface area contributed by atoms with Gasteiger partial charge in [0.2, 0.25) is 0 Å². The van der Waals surface area contributed by atoms with Crippen molar-refractivity contribution < 1.29 is 0 Å². The molecule has 2 aromatic rings. The first-order valence-corrected chi connectivity index (χ1v) is 6.60. The molecule has 17 heavy (non-hydrogen) atoms. The second kappa shape index (κ2) is 4.50. The quantitative estimate of drug-likeness (QED) is 0.846. The van der Waals surface area contributed by atoms with Crippen LogP contribution < -0.4 is 5.73 Å². The van der Waals surface area contributed by atoms with Crippen LogP contribution in [0.1, 0.15) is 19.5 Å². The molecular formula is C12H16N4S. The van der Waals surface area contributed by atoms with E-state index in [9.17, 15) is 0 Å². The molecule has 0 spiro atoms. The average molecular weight is 248 g/mol. The molecule has 0 aliphatic rings. The van der Waals surface area contributed by atoms with Crippen LogP contribution in [-0.4, -0.2) is 21.2 Å². The third-order valence-corrected chi connectivity index (χ3v) is 3.27. The van der Waals surface area contributed by atoms with Crippen molar-refractivity contribution in [3.8, 4) is 5.69 Å². The van der Waals surface area contributed by atoms with E-state index in [0.29, 0.717) is 0 Å². The first-order valence-electron chi connectivity index (χ1n) is 5.37. The summed E-state index contributed by atoms with van der Waals surface area (Å²) in [6, 6.07) is 8.09. The third kappa shape index (κ3) is 2.50. The van der Waals surface area contributed by atoms with Crippen LogP contribution in [0.4, 0.5) is 0 Å². The van der Waals surface area contributed by atoms with Gasteiger partial charge in [-0.05, 0) is 32.2 Å². The maximum absolute atomic E-state index is 6.00. The molecule has 4 nitrogen and oxygen atoms in total. The fraction of sp³-hybridized carbons (Fsp3) is 0.333. The van der Waals surface area contributed by atoms with Crippen LogP contribution in [0.3, 0.4) is 0 Å². The fourth-order valence-corrected chi connectivity index (χ4v) is 2.08. The van der Waals surface area contributed by atoms with Gasteiger partial charge in [0.25, 0.3) is 0 Å². The van der Waals surface area contributed by atoms with E-state index >= 15 is 0 Å². The van der Waals surface area contributed by atoms with Crippen LogP contribution in [0.5, 0.6) is 0 Å². The predicted molar refractivity (Wildman–Crippen MR) is 70.4 cm³/mol. The van der Waals surface area contributed by atoms with E-state index in [1.54, 1.807) is 16.4 Å². The van der Waals surface area contributed by atoms with Crippen LogP contribution in [0.15, 0.2) is 35.4 Å². The van der Waals surface area contributed by atoms with Crippen molar-refractivity contribution in [2.75, 3.05) is 6.26 Å². The van der Waals surface area contributed by atoms with Gasteiger partial charge in [-0.2, -0.15) is 0 Å². The fourth-order valence-electron chi connectivity index (χ4n) is 1.50. The van der Waals surface area contributed by atoms with Crippen molar-refractivity contribution in [1.29, 1.82) is 0 Å². The monoisotopic (exact) mass is 248 g/mol. The molecule has 0 unspecified atom stereocenters. The van der Waals surface area contributed by atoms with Gasteiger partial charge in [-0.25, -0.2) is 4.68 Å². The minimum atomic E-state index is -0.466. The predicted octanol–water partition coefficient (Wildman–Crippen LogP) is 2.18. The van der Waals surface area contributed by atoms with E-state index < -0.39 is 5.54 Å². The maximum atomic E-state index is 6.00. The average Bonchev–Trinajstić information content (AvgIpc) is 2.77. The largest absolute Gasteiger partial charge is 0.320 e. The summed E-state index contributed by atoms with van der Waals surface area (Å²) < 4.78 is 1.77. The molecule has 0 saturated carbocycles. The van der Waals surface area contributed by atoms with Crippen molar-refractivity contribution in [2.24, 2.45) is 5.73 Å². The molecule has 0 atom stereocenters. The van der Waals surface area contributed by atoms with Gasteiger partial charge >= 0.3 is 0 Å². The van der Waals surface area contributed by atoms with Crippen LogP contribution >= 0.6 is 11.8 Å². The number of nitrogens with two attached hydrogens (primary N) is 1. The highest BCUT2D eigenvalue weighted by atomic mass is 32.2. The second-order valence-corrected chi connectivity index (χ2v) is 5.29. The molecule has 0 fully saturated rings. The molecule has 1 aromatic heterocycles. The zero-order chi connectivity index (χ0) is 12.5. The number of para-hydroxylation sites is 1. The molecule has 0 radical (unpaired) electrons. The Morgan fingerprint density at radius 2 is 2.00 bits per heavy atom. The molecule has 0 saturated heterocycles. The third-order valence-electron chi connectivity index (χ3n) is 2.49. The molecule has 2 rings (SSSR count). The van der Waals surface area contributed by atoms with Crippen LogP contribution in [0.2, 0.25) is 0 Å². The number of benzene rings is 1. The van der Waals surface area contributed by atoms with E-state index in [0.717, 1.165) is 11.4 Å². The molecular weight excluding hydrogens is 232 g/mol. The molecule has 90 valence electrons. The van der Waals surface area contributed by atoms with Gasteiger partial charge in [0.15, 0.2) is 0 Å². The summed E-state index contributed by atoms with van der Waals surface area (Å²) in [5, 5.41) is 8.25. The zero-order valence-electron chi connectivity index (χ0n) is 10.2. The Hall–Kier alpha value is -1.33. The molecule has 0 bridgehead atoms. The Morgan fingerprint density at radius 1 is 1.29 bits per heavy atom. The molecule has 2 N–H and O–H groups in total. The van der Waals surface area contributed by atoms with E-state index in [1.807, 2.05) is 44.5 Å². The van der Waals surface area contributed by atoms with Crippen molar-refractivity contribution in [3.05, 3.63) is 36.2 Å². The van der Waals surface area contributed by atoms with Crippen molar-refractivity contribution >= 4 is 11.8 Å². The lowest BCUT2D eigenvalue weighted by atomic mass is 10.0. The molecule has 5 heteroatoms. The number of rotatable bonds is 3. The standard InChI is InChI=1S/C12H16N4S/c1-12(2,13)11-8-16(15-14-11)9-6-4-5-7-10(9)17-3/h4-8H,13H2,1-3H3. The highest BCUT2D eigenvalue weighted by Gasteiger charge is 2.19. The van der Waals surface area contributed by atoms with Gasteiger partial charge < -0.3 is 5.73 Å². The normalized spacial score (nSPS) is 11.8. The molecule has 1 aromatic carbocycles. The van der Waals surface area contributed by atoms with E-state index in [4.69, 9.17) is 5.73 Å². The SMILES string of the molecule is CSc1ccccc1-n1cc(C(C)(C)N)nn1.